The van der Waals surface area contributed by atoms with Crippen LogP contribution < -0.4 is 4.74 Å². The van der Waals surface area contributed by atoms with Gasteiger partial charge in [0.25, 0.3) is 0 Å². The number of alkyl halides is 1. The van der Waals surface area contributed by atoms with Crippen LogP contribution >= 0.6 is 27.5 Å². The third kappa shape index (κ3) is 4.44. The number of hydrogen-bond donors (Lipinski definition) is 0. The Morgan fingerprint density at radius 3 is 2.56 bits per heavy atom. The van der Waals surface area contributed by atoms with Crippen molar-refractivity contribution in [2.45, 2.75) is 25.0 Å². The lowest BCUT2D eigenvalue weighted by Crippen LogP contribution is -2.22. The van der Waals surface area contributed by atoms with Crippen molar-refractivity contribution in [1.29, 1.82) is 0 Å². The van der Waals surface area contributed by atoms with E-state index in [0.717, 1.165) is 10.0 Å². The molecular weight excluding hydrogens is 340 g/mol. The molecule has 0 aromatic heterocycles. The van der Waals surface area contributed by atoms with Gasteiger partial charge in [-0.05, 0) is 47.5 Å². The van der Waals surface area contributed by atoms with Crippen LogP contribution in [0.25, 0.3) is 0 Å². The number of benzene rings is 1. The van der Waals surface area contributed by atoms with Gasteiger partial charge < -0.3 is 4.74 Å². The van der Waals surface area contributed by atoms with Gasteiger partial charge in [-0.1, -0.05) is 6.07 Å². The predicted octanol–water partition coefficient (Wildman–Crippen LogP) is 3.39. The minimum atomic E-state index is -3.06. The first-order valence-corrected chi connectivity index (χ1v) is 8.60. The largest absolute Gasteiger partial charge is 0.491 e. The fraction of sp³-hybridized carbons (Fsp3) is 0.500. The molecule has 3 nitrogen and oxygen atoms in total. The van der Waals surface area contributed by atoms with Crippen molar-refractivity contribution in [2.24, 2.45) is 0 Å². The molecule has 0 unspecified atom stereocenters. The topological polar surface area (TPSA) is 43.4 Å². The summed E-state index contributed by atoms with van der Waals surface area (Å²) in [6.45, 7) is 3.49. The van der Waals surface area contributed by atoms with E-state index in [1.807, 2.05) is 12.1 Å². The van der Waals surface area contributed by atoms with Crippen molar-refractivity contribution >= 4 is 37.4 Å². The molecule has 0 amide bonds. The van der Waals surface area contributed by atoms with Crippen LogP contribution in [0.2, 0.25) is 0 Å². The Balaban J connectivity index is 2.60. The van der Waals surface area contributed by atoms with Gasteiger partial charge in [-0.3, -0.25) is 0 Å². The maximum Gasteiger partial charge on any atom is 0.155 e. The van der Waals surface area contributed by atoms with Crippen LogP contribution in [0.3, 0.4) is 0 Å². The van der Waals surface area contributed by atoms with Crippen LogP contribution in [0.4, 0.5) is 0 Å². The quantitative estimate of drug-likeness (QED) is 0.735. The molecule has 0 aliphatic carbocycles. The summed E-state index contributed by atoms with van der Waals surface area (Å²) in [5.74, 6) is 1.08. The van der Waals surface area contributed by atoms with Crippen LogP contribution in [0.5, 0.6) is 5.75 Å². The molecule has 0 heterocycles. The van der Waals surface area contributed by atoms with Crippen molar-refractivity contribution < 1.29 is 13.2 Å². The summed E-state index contributed by atoms with van der Waals surface area (Å²) in [4.78, 5) is 0. The maximum atomic E-state index is 11.6. The zero-order valence-corrected chi connectivity index (χ0v) is 13.5. The molecule has 18 heavy (non-hydrogen) atoms. The summed E-state index contributed by atoms with van der Waals surface area (Å²) >= 11 is 9.07. The minimum Gasteiger partial charge on any atom is -0.491 e. The normalized spacial score (nSPS) is 11.8. The summed E-state index contributed by atoms with van der Waals surface area (Å²) in [6, 6.07) is 5.49. The second-order valence-corrected chi connectivity index (χ2v) is 7.96. The lowest BCUT2D eigenvalue weighted by Gasteiger charge is -2.11. The molecule has 0 N–H and O–H groups in total. The first-order valence-electron chi connectivity index (χ1n) is 5.55. The van der Waals surface area contributed by atoms with E-state index in [1.165, 1.54) is 0 Å². The average molecular weight is 356 g/mol. The molecule has 1 aromatic carbocycles. The van der Waals surface area contributed by atoms with Crippen molar-refractivity contribution in [3.8, 4) is 5.75 Å². The van der Waals surface area contributed by atoms with Crippen LogP contribution in [-0.2, 0) is 15.7 Å². The molecule has 102 valence electrons. The molecule has 0 atom stereocenters. The molecule has 0 aliphatic heterocycles. The first kappa shape index (κ1) is 15.8. The van der Waals surface area contributed by atoms with Gasteiger partial charge in [-0.15, -0.1) is 11.6 Å². The van der Waals surface area contributed by atoms with Crippen LogP contribution in [0.1, 0.15) is 19.4 Å². The maximum absolute atomic E-state index is 11.6. The summed E-state index contributed by atoms with van der Waals surface area (Å²) < 4.78 is 29.4. The standard InChI is InChI=1S/C12H16BrClO3S/c1-9(2)18(15,16)6-5-17-12-4-3-10(8-14)7-11(12)13/h3-4,7,9H,5-6,8H2,1-2H3. The smallest absolute Gasteiger partial charge is 0.155 e. The molecule has 0 fully saturated rings. The summed E-state index contributed by atoms with van der Waals surface area (Å²) in [5.41, 5.74) is 0.977. The Morgan fingerprint density at radius 2 is 2.06 bits per heavy atom. The Morgan fingerprint density at radius 1 is 1.39 bits per heavy atom. The molecule has 0 spiro atoms. The number of ether oxygens (including phenoxy) is 1. The Kier molecular flexibility index (Phi) is 5.95. The summed E-state index contributed by atoms with van der Waals surface area (Å²) in [6.07, 6.45) is 0. The van der Waals surface area contributed by atoms with E-state index in [-0.39, 0.29) is 17.6 Å². The third-order valence-electron chi connectivity index (χ3n) is 2.49. The number of sulfone groups is 1. The Hall–Kier alpha value is -0.260. The van der Waals surface area contributed by atoms with Gasteiger partial charge in [0, 0.05) is 5.88 Å². The molecule has 0 bridgehead atoms. The number of hydrogen-bond acceptors (Lipinski definition) is 3. The van der Waals surface area contributed by atoms with Gasteiger partial charge in [-0.25, -0.2) is 8.42 Å². The fourth-order valence-electron chi connectivity index (χ4n) is 1.25. The second kappa shape index (κ2) is 6.78. The third-order valence-corrected chi connectivity index (χ3v) is 5.59. The summed E-state index contributed by atoms with van der Waals surface area (Å²) in [7, 11) is -3.06. The Labute approximate surface area is 122 Å². The van der Waals surface area contributed by atoms with Crippen LogP contribution in [0.15, 0.2) is 22.7 Å². The van der Waals surface area contributed by atoms with Crippen molar-refractivity contribution in [3.63, 3.8) is 0 Å². The highest BCUT2D eigenvalue weighted by atomic mass is 79.9. The highest BCUT2D eigenvalue weighted by Gasteiger charge is 2.16. The molecule has 6 heteroatoms. The van der Waals surface area contributed by atoms with Gasteiger partial charge in [0.15, 0.2) is 9.84 Å². The molecule has 0 radical (unpaired) electrons. The first-order chi connectivity index (χ1) is 8.36. The molecule has 0 saturated heterocycles. The van der Waals surface area contributed by atoms with Crippen LogP contribution in [0, 0.1) is 0 Å². The van der Waals surface area contributed by atoms with Gasteiger partial charge in [0.05, 0.1) is 15.5 Å². The summed E-state index contributed by atoms with van der Waals surface area (Å²) in [5, 5.41) is -0.372. The van der Waals surface area contributed by atoms with E-state index in [9.17, 15) is 8.42 Å². The van der Waals surface area contributed by atoms with E-state index in [4.69, 9.17) is 16.3 Å². The zero-order chi connectivity index (χ0) is 13.8. The highest BCUT2D eigenvalue weighted by molar-refractivity contribution is 9.10. The lowest BCUT2D eigenvalue weighted by molar-refractivity contribution is 0.338. The van der Waals surface area contributed by atoms with Crippen molar-refractivity contribution in [2.75, 3.05) is 12.4 Å². The van der Waals surface area contributed by atoms with Crippen molar-refractivity contribution in [1.82, 2.24) is 0 Å². The highest BCUT2D eigenvalue weighted by Crippen LogP contribution is 2.26. The van der Waals surface area contributed by atoms with Crippen LogP contribution in [-0.4, -0.2) is 26.0 Å². The monoisotopic (exact) mass is 354 g/mol. The molecule has 0 saturated carbocycles. The molecule has 1 rings (SSSR count). The SMILES string of the molecule is CC(C)S(=O)(=O)CCOc1ccc(CCl)cc1Br. The van der Waals surface area contributed by atoms with Gasteiger partial charge >= 0.3 is 0 Å². The van der Waals surface area contributed by atoms with Gasteiger partial charge in [-0.2, -0.15) is 0 Å². The van der Waals surface area contributed by atoms with E-state index < -0.39 is 9.84 Å². The zero-order valence-electron chi connectivity index (χ0n) is 10.3. The van der Waals surface area contributed by atoms with Gasteiger partial charge in [0.1, 0.15) is 12.4 Å². The van der Waals surface area contributed by atoms with Crippen molar-refractivity contribution in [3.05, 3.63) is 28.2 Å². The average Bonchev–Trinajstić information content (AvgIpc) is 2.30. The lowest BCUT2D eigenvalue weighted by atomic mass is 10.2. The molecular formula is C12H16BrClO3S. The van der Waals surface area contributed by atoms with E-state index in [0.29, 0.717) is 11.6 Å². The number of rotatable bonds is 6. The fourth-order valence-corrected chi connectivity index (χ4v) is 2.74. The van der Waals surface area contributed by atoms with Gasteiger partial charge in [0.2, 0.25) is 0 Å². The van der Waals surface area contributed by atoms with E-state index in [1.54, 1.807) is 19.9 Å². The van der Waals surface area contributed by atoms with E-state index >= 15 is 0 Å². The number of halogens is 2. The second-order valence-electron chi connectivity index (χ2n) is 4.16. The molecule has 1 aromatic rings. The minimum absolute atomic E-state index is 0.0222. The Bertz CT molecular complexity index is 500. The predicted molar refractivity (Wildman–Crippen MR) is 78.1 cm³/mol. The molecule has 0 aliphatic rings. The van der Waals surface area contributed by atoms with E-state index in [2.05, 4.69) is 15.9 Å².